The van der Waals surface area contributed by atoms with Gasteiger partial charge in [0.15, 0.2) is 0 Å². The molecule has 0 saturated heterocycles. The molecule has 0 aromatic heterocycles. The van der Waals surface area contributed by atoms with E-state index in [1.54, 1.807) is 0 Å². The predicted molar refractivity (Wildman–Crippen MR) is 53.0 cm³/mol. The average Bonchev–Trinajstić information content (AvgIpc) is 2.03. The Kier molecular flexibility index (Phi) is 3.50. The second kappa shape index (κ2) is 4.43. The van der Waals surface area contributed by atoms with Crippen LogP contribution in [0.3, 0.4) is 0 Å². The zero-order valence-electron chi connectivity index (χ0n) is 7.96. The van der Waals surface area contributed by atoms with Crippen molar-refractivity contribution in [3.63, 3.8) is 0 Å². The van der Waals surface area contributed by atoms with Gasteiger partial charge in [-0.1, -0.05) is 23.8 Å². The fourth-order valence-corrected chi connectivity index (χ4v) is 1.22. The Morgan fingerprint density at radius 1 is 1.58 bits per heavy atom. The Morgan fingerprint density at radius 3 is 2.83 bits per heavy atom. The lowest BCUT2D eigenvalue weighted by molar-refractivity contribution is 0.414. The summed E-state index contributed by atoms with van der Waals surface area (Å²) < 4.78 is 0. The minimum Gasteiger partial charge on any atom is -0.324 e. The van der Waals surface area contributed by atoms with Gasteiger partial charge in [0.05, 0.1) is 0 Å². The van der Waals surface area contributed by atoms with Gasteiger partial charge in [-0.3, -0.25) is 0 Å². The molecule has 0 heterocycles. The summed E-state index contributed by atoms with van der Waals surface area (Å²) in [6, 6.07) is 0.244. The Labute approximate surface area is 74.7 Å². The highest BCUT2D eigenvalue weighted by atomic mass is 15.0. The molecule has 1 atom stereocenters. The Balaban J connectivity index is 2.30. The van der Waals surface area contributed by atoms with Crippen molar-refractivity contribution in [2.24, 2.45) is 5.73 Å². The van der Waals surface area contributed by atoms with E-state index in [4.69, 9.17) is 5.73 Å². The molecule has 0 spiro atoms. The van der Waals surface area contributed by atoms with Crippen LogP contribution in [-0.4, -0.2) is 31.6 Å². The van der Waals surface area contributed by atoms with Crippen LogP contribution in [0.4, 0.5) is 0 Å². The molecule has 2 nitrogen and oxygen atoms in total. The lowest BCUT2D eigenvalue weighted by atomic mass is 10.0. The van der Waals surface area contributed by atoms with E-state index in [1.807, 2.05) is 0 Å². The van der Waals surface area contributed by atoms with Gasteiger partial charge in [0.1, 0.15) is 0 Å². The monoisotopic (exact) mass is 166 g/mol. The van der Waals surface area contributed by atoms with E-state index >= 15 is 0 Å². The lowest BCUT2D eigenvalue weighted by Gasteiger charge is -2.14. The van der Waals surface area contributed by atoms with E-state index in [-0.39, 0.29) is 6.04 Å². The molecule has 1 rings (SSSR count). The van der Waals surface area contributed by atoms with Gasteiger partial charge in [-0.05, 0) is 26.9 Å². The number of hydrogen-bond donors (Lipinski definition) is 1. The molecule has 0 radical (unpaired) electrons. The minimum atomic E-state index is 0.244. The molecule has 1 aliphatic rings. The Bertz CT molecular complexity index is 192. The summed E-state index contributed by atoms with van der Waals surface area (Å²) in [7, 11) is 4.19. The molecule has 12 heavy (non-hydrogen) atoms. The molecule has 2 N–H and O–H groups in total. The molecule has 0 aliphatic heterocycles. The largest absolute Gasteiger partial charge is 0.324 e. The van der Waals surface area contributed by atoms with Gasteiger partial charge >= 0.3 is 0 Å². The third-order valence-corrected chi connectivity index (χ3v) is 2.06. The molecule has 0 amide bonds. The number of nitrogens with two attached hydrogens (primary N) is 1. The summed E-state index contributed by atoms with van der Waals surface area (Å²) in [4.78, 5) is 2.20. The van der Waals surface area contributed by atoms with E-state index in [2.05, 4.69) is 37.2 Å². The summed E-state index contributed by atoms with van der Waals surface area (Å²) >= 11 is 0. The van der Waals surface area contributed by atoms with Gasteiger partial charge in [0, 0.05) is 12.6 Å². The van der Waals surface area contributed by atoms with Crippen molar-refractivity contribution in [2.75, 3.05) is 20.6 Å². The lowest BCUT2D eigenvalue weighted by Crippen LogP contribution is -2.18. The van der Waals surface area contributed by atoms with E-state index in [9.17, 15) is 0 Å². The molecular weight excluding hydrogens is 148 g/mol. The fourth-order valence-electron chi connectivity index (χ4n) is 1.22. The maximum Gasteiger partial charge on any atom is 0.0262 e. The minimum absolute atomic E-state index is 0.244. The zero-order chi connectivity index (χ0) is 8.97. The summed E-state index contributed by atoms with van der Waals surface area (Å²) in [5.41, 5.74) is 7.13. The molecule has 0 bridgehead atoms. The maximum atomic E-state index is 5.71. The molecular formula is C10H18N2. The summed E-state index contributed by atoms with van der Waals surface area (Å²) in [6.07, 6.45) is 8.62. The van der Waals surface area contributed by atoms with E-state index in [0.717, 1.165) is 19.4 Å². The standard InChI is InChI=1S/C10H18N2/c1-12(2)8-7-9-3-5-10(11)6-4-9/h3-5,10H,6-8,11H2,1-2H3. The van der Waals surface area contributed by atoms with Crippen molar-refractivity contribution in [2.45, 2.75) is 18.9 Å². The van der Waals surface area contributed by atoms with Crippen LogP contribution in [-0.2, 0) is 0 Å². The molecule has 1 unspecified atom stereocenters. The Hall–Kier alpha value is -0.600. The second-order valence-electron chi connectivity index (χ2n) is 3.59. The molecule has 2 heteroatoms. The highest BCUT2D eigenvalue weighted by Crippen LogP contribution is 2.12. The van der Waals surface area contributed by atoms with Crippen LogP contribution >= 0.6 is 0 Å². The second-order valence-corrected chi connectivity index (χ2v) is 3.59. The van der Waals surface area contributed by atoms with E-state index < -0.39 is 0 Å². The first kappa shape index (κ1) is 9.49. The number of hydrogen-bond acceptors (Lipinski definition) is 2. The van der Waals surface area contributed by atoms with Crippen LogP contribution in [0.5, 0.6) is 0 Å². The van der Waals surface area contributed by atoms with Crippen molar-refractivity contribution >= 4 is 0 Å². The highest BCUT2D eigenvalue weighted by molar-refractivity contribution is 5.24. The first-order chi connectivity index (χ1) is 5.68. The van der Waals surface area contributed by atoms with Crippen molar-refractivity contribution < 1.29 is 0 Å². The van der Waals surface area contributed by atoms with Gasteiger partial charge in [-0.2, -0.15) is 0 Å². The smallest absolute Gasteiger partial charge is 0.0262 e. The first-order valence-electron chi connectivity index (χ1n) is 4.46. The van der Waals surface area contributed by atoms with Crippen LogP contribution < -0.4 is 5.73 Å². The van der Waals surface area contributed by atoms with Gasteiger partial charge in [0.2, 0.25) is 0 Å². The molecule has 0 aromatic carbocycles. The van der Waals surface area contributed by atoms with Crippen molar-refractivity contribution in [3.05, 3.63) is 23.8 Å². The quantitative estimate of drug-likeness (QED) is 0.681. The van der Waals surface area contributed by atoms with Crippen molar-refractivity contribution in [1.82, 2.24) is 4.90 Å². The van der Waals surface area contributed by atoms with Gasteiger partial charge < -0.3 is 10.6 Å². The van der Waals surface area contributed by atoms with Gasteiger partial charge in [0.25, 0.3) is 0 Å². The topological polar surface area (TPSA) is 29.3 Å². The SMILES string of the molecule is CN(C)CCC1=CCC(N)C=C1. The van der Waals surface area contributed by atoms with Crippen LogP contribution in [0, 0.1) is 0 Å². The summed E-state index contributed by atoms with van der Waals surface area (Å²) in [5.74, 6) is 0. The summed E-state index contributed by atoms with van der Waals surface area (Å²) in [6.45, 7) is 1.12. The molecule has 68 valence electrons. The number of nitrogens with zero attached hydrogens (tertiary/aromatic N) is 1. The molecule has 1 aliphatic carbocycles. The molecule has 0 saturated carbocycles. The molecule has 0 fully saturated rings. The van der Waals surface area contributed by atoms with Crippen molar-refractivity contribution in [3.8, 4) is 0 Å². The normalized spacial score (nSPS) is 23.0. The van der Waals surface area contributed by atoms with Crippen LogP contribution in [0.2, 0.25) is 0 Å². The van der Waals surface area contributed by atoms with Crippen LogP contribution in [0.25, 0.3) is 0 Å². The third kappa shape index (κ3) is 3.20. The van der Waals surface area contributed by atoms with E-state index in [0.29, 0.717) is 0 Å². The van der Waals surface area contributed by atoms with Gasteiger partial charge in [-0.15, -0.1) is 0 Å². The molecule has 0 aromatic rings. The first-order valence-corrected chi connectivity index (χ1v) is 4.46. The van der Waals surface area contributed by atoms with Gasteiger partial charge in [-0.25, -0.2) is 0 Å². The summed E-state index contributed by atoms with van der Waals surface area (Å²) in [5, 5.41) is 0. The third-order valence-electron chi connectivity index (χ3n) is 2.06. The number of rotatable bonds is 3. The van der Waals surface area contributed by atoms with E-state index in [1.165, 1.54) is 5.57 Å². The maximum absolute atomic E-state index is 5.71. The van der Waals surface area contributed by atoms with Crippen LogP contribution in [0.15, 0.2) is 23.8 Å². The van der Waals surface area contributed by atoms with Crippen LogP contribution in [0.1, 0.15) is 12.8 Å². The average molecular weight is 166 g/mol. The van der Waals surface area contributed by atoms with Crippen molar-refractivity contribution in [1.29, 1.82) is 0 Å². The number of allylic oxidation sites excluding steroid dienone is 1. The fraction of sp³-hybridized carbons (Fsp3) is 0.600. The zero-order valence-corrected chi connectivity index (χ0v) is 7.96. The Morgan fingerprint density at radius 2 is 2.33 bits per heavy atom. The highest BCUT2D eigenvalue weighted by Gasteiger charge is 2.03. The predicted octanol–water partition coefficient (Wildman–Crippen LogP) is 1.15.